The number of aryl methyl sites for hydroxylation is 1. The average molecular weight is 343 g/mol. The van der Waals surface area contributed by atoms with Gasteiger partial charge in [-0.3, -0.25) is 4.79 Å². The highest BCUT2D eigenvalue weighted by atomic mass is 79.9. The Morgan fingerprint density at radius 2 is 2.42 bits per heavy atom. The SMILES string of the molecule is Cc1cc(Br)ccc1SCC(=O)NC1CCCNC1. The second-order valence-corrected chi connectivity index (χ2v) is 6.74. The molecule has 0 aromatic heterocycles. The Morgan fingerprint density at radius 1 is 1.58 bits per heavy atom. The summed E-state index contributed by atoms with van der Waals surface area (Å²) >= 11 is 5.05. The topological polar surface area (TPSA) is 41.1 Å². The smallest absolute Gasteiger partial charge is 0.230 e. The minimum atomic E-state index is 0.126. The molecule has 0 bridgehead atoms. The molecule has 2 N–H and O–H groups in total. The van der Waals surface area contributed by atoms with Crippen molar-refractivity contribution in [3.63, 3.8) is 0 Å². The van der Waals surface area contributed by atoms with Crippen LogP contribution in [0.1, 0.15) is 18.4 Å². The molecule has 19 heavy (non-hydrogen) atoms. The van der Waals surface area contributed by atoms with Gasteiger partial charge in [0.2, 0.25) is 5.91 Å². The first-order valence-corrected chi connectivity index (χ1v) is 8.32. The van der Waals surface area contributed by atoms with E-state index in [-0.39, 0.29) is 5.91 Å². The number of thioether (sulfide) groups is 1. The molecule has 0 radical (unpaired) electrons. The molecule has 104 valence electrons. The molecule has 1 atom stereocenters. The Kier molecular flexibility index (Phi) is 5.73. The van der Waals surface area contributed by atoms with Crippen molar-refractivity contribution in [2.45, 2.75) is 30.7 Å². The van der Waals surface area contributed by atoms with Gasteiger partial charge in [-0.15, -0.1) is 11.8 Å². The normalized spacial score (nSPS) is 19.2. The van der Waals surface area contributed by atoms with Gasteiger partial charge < -0.3 is 10.6 Å². The Hall–Kier alpha value is -0.520. The predicted molar refractivity (Wildman–Crippen MR) is 83.6 cm³/mol. The largest absolute Gasteiger partial charge is 0.351 e. The molecule has 3 nitrogen and oxygen atoms in total. The summed E-state index contributed by atoms with van der Waals surface area (Å²) in [6, 6.07) is 6.44. The lowest BCUT2D eigenvalue weighted by atomic mass is 10.1. The van der Waals surface area contributed by atoms with Crippen LogP contribution in [-0.2, 0) is 4.79 Å². The number of nitrogens with one attached hydrogen (secondary N) is 2. The van der Waals surface area contributed by atoms with Gasteiger partial charge in [0.05, 0.1) is 5.75 Å². The molecule has 1 aliphatic rings. The van der Waals surface area contributed by atoms with Gasteiger partial charge in [-0.2, -0.15) is 0 Å². The van der Waals surface area contributed by atoms with Crippen LogP contribution in [-0.4, -0.2) is 30.8 Å². The lowest BCUT2D eigenvalue weighted by Gasteiger charge is -2.23. The number of amides is 1. The standard InChI is InChI=1S/C14H19BrN2OS/c1-10-7-11(15)4-5-13(10)19-9-14(18)17-12-3-2-6-16-8-12/h4-5,7,12,16H,2-3,6,8-9H2,1H3,(H,17,18). The van der Waals surface area contributed by atoms with E-state index in [0.29, 0.717) is 11.8 Å². The third-order valence-corrected chi connectivity index (χ3v) is 4.83. The van der Waals surface area contributed by atoms with Crippen LogP contribution in [0.3, 0.4) is 0 Å². The molecule has 0 spiro atoms. The zero-order valence-electron chi connectivity index (χ0n) is 11.0. The molecule has 1 amide bonds. The van der Waals surface area contributed by atoms with E-state index in [1.54, 1.807) is 11.8 Å². The molecular weight excluding hydrogens is 324 g/mol. The van der Waals surface area contributed by atoms with Crippen molar-refractivity contribution in [2.24, 2.45) is 0 Å². The lowest BCUT2D eigenvalue weighted by molar-refractivity contribution is -0.119. The van der Waals surface area contributed by atoms with Gasteiger partial charge in [0.25, 0.3) is 0 Å². The third-order valence-electron chi connectivity index (χ3n) is 3.16. The lowest BCUT2D eigenvalue weighted by Crippen LogP contribution is -2.46. The van der Waals surface area contributed by atoms with Crippen molar-refractivity contribution in [1.82, 2.24) is 10.6 Å². The number of hydrogen-bond acceptors (Lipinski definition) is 3. The number of piperidine rings is 1. The maximum absolute atomic E-state index is 11.9. The Morgan fingerprint density at radius 3 is 3.11 bits per heavy atom. The second kappa shape index (κ2) is 7.31. The van der Waals surface area contributed by atoms with E-state index in [1.807, 2.05) is 6.07 Å². The van der Waals surface area contributed by atoms with Gasteiger partial charge in [-0.1, -0.05) is 15.9 Å². The van der Waals surface area contributed by atoms with Crippen molar-refractivity contribution in [3.8, 4) is 0 Å². The summed E-state index contributed by atoms with van der Waals surface area (Å²) < 4.78 is 1.08. The minimum absolute atomic E-state index is 0.126. The first-order chi connectivity index (χ1) is 9.15. The number of halogens is 1. The number of rotatable bonds is 4. The molecule has 1 aromatic carbocycles. The highest BCUT2D eigenvalue weighted by Gasteiger charge is 2.15. The van der Waals surface area contributed by atoms with E-state index in [1.165, 1.54) is 10.5 Å². The molecular formula is C14H19BrN2OS. The van der Waals surface area contributed by atoms with Crippen LogP contribution in [0.2, 0.25) is 0 Å². The van der Waals surface area contributed by atoms with Crippen molar-refractivity contribution < 1.29 is 4.79 Å². The van der Waals surface area contributed by atoms with Gasteiger partial charge in [0, 0.05) is 22.0 Å². The zero-order valence-corrected chi connectivity index (χ0v) is 13.4. The van der Waals surface area contributed by atoms with E-state index in [0.717, 1.165) is 30.4 Å². The maximum Gasteiger partial charge on any atom is 0.230 e. The Bertz CT molecular complexity index is 447. The monoisotopic (exact) mass is 342 g/mol. The van der Waals surface area contributed by atoms with Gasteiger partial charge in [-0.05, 0) is 50.1 Å². The quantitative estimate of drug-likeness (QED) is 0.826. The highest BCUT2D eigenvalue weighted by Crippen LogP contribution is 2.25. The predicted octanol–water partition coefficient (Wildman–Crippen LogP) is 2.72. The van der Waals surface area contributed by atoms with Crippen LogP contribution in [0.15, 0.2) is 27.6 Å². The summed E-state index contributed by atoms with van der Waals surface area (Å²) in [5, 5.41) is 6.39. The first-order valence-electron chi connectivity index (χ1n) is 6.54. The molecule has 1 unspecified atom stereocenters. The van der Waals surface area contributed by atoms with Gasteiger partial charge in [0.1, 0.15) is 0 Å². The number of hydrogen-bond donors (Lipinski definition) is 2. The van der Waals surface area contributed by atoms with Crippen molar-refractivity contribution in [2.75, 3.05) is 18.8 Å². The fourth-order valence-corrected chi connectivity index (χ4v) is 3.46. The summed E-state index contributed by atoms with van der Waals surface area (Å²) in [5.74, 6) is 0.611. The van der Waals surface area contributed by atoms with E-state index in [2.05, 4.69) is 45.6 Å². The molecule has 0 saturated carbocycles. The van der Waals surface area contributed by atoms with Crippen molar-refractivity contribution in [1.29, 1.82) is 0 Å². The molecule has 1 aliphatic heterocycles. The molecule has 5 heteroatoms. The fourth-order valence-electron chi connectivity index (χ4n) is 2.16. The van der Waals surface area contributed by atoms with Gasteiger partial charge >= 0.3 is 0 Å². The third kappa shape index (κ3) is 4.82. The van der Waals surface area contributed by atoms with Crippen LogP contribution in [0.5, 0.6) is 0 Å². The number of carbonyl (C=O) groups excluding carboxylic acids is 1. The Balaban J connectivity index is 1.79. The minimum Gasteiger partial charge on any atom is -0.351 e. The Labute approximate surface area is 127 Å². The first kappa shape index (κ1) is 14.9. The number of benzene rings is 1. The van der Waals surface area contributed by atoms with Crippen LogP contribution in [0, 0.1) is 6.92 Å². The second-order valence-electron chi connectivity index (χ2n) is 4.81. The molecule has 1 fully saturated rings. The van der Waals surface area contributed by atoms with Crippen LogP contribution < -0.4 is 10.6 Å². The van der Waals surface area contributed by atoms with Crippen LogP contribution >= 0.6 is 27.7 Å². The molecule has 1 aromatic rings. The fraction of sp³-hybridized carbons (Fsp3) is 0.500. The van der Waals surface area contributed by atoms with Crippen molar-refractivity contribution in [3.05, 3.63) is 28.2 Å². The van der Waals surface area contributed by atoms with E-state index >= 15 is 0 Å². The van der Waals surface area contributed by atoms with E-state index in [9.17, 15) is 4.79 Å². The van der Waals surface area contributed by atoms with Gasteiger partial charge in [0.15, 0.2) is 0 Å². The molecule has 0 aliphatic carbocycles. The molecule has 1 saturated heterocycles. The van der Waals surface area contributed by atoms with Crippen LogP contribution in [0.25, 0.3) is 0 Å². The molecule has 1 heterocycles. The van der Waals surface area contributed by atoms with Crippen LogP contribution in [0.4, 0.5) is 0 Å². The summed E-state index contributed by atoms with van der Waals surface area (Å²) in [6.45, 7) is 4.03. The van der Waals surface area contributed by atoms with E-state index < -0.39 is 0 Å². The zero-order chi connectivity index (χ0) is 13.7. The van der Waals surface area contributed by atoms with Gasteiger partial charge in [-0.25, -0.2) is 0 Å². The summed E-state index contributed by atoms with van der Waals surface area (Å²) in [6.07, 6.45) is 2.23. The summed E-state index contributed by atoms with van der Waals surface area (Å²) in [7, 11) is 0. The summed E-state index contributed by atoms with van der Waals surface area (Å²) in [5.41, 5.74) is 1.20. The average Bonchev–Trinajstić information content (AvgIpc) is 2.39. The van der Waals surface area contributed by atoms with E-state index in [4.69, 9.17) is 0 Å². The number of carbonyl (C=O) groups is 1. The summed E-state index contributed by atoms with van der Waals surface area (Å²) in [4.78, 5) is 13.1. The molecule has 2 rings (SSSR count). The maximum atomic E-state index is 11.9. The van der Waals surface area contributed by atoms with Crippen molar-refractivity contribution >= 4 is 33.6 Å². The highest BCUT2D eigenvalue weighted by molar-refractivity contribution is 9.10.